The van der Waals surface area contributed by atoms with E-state index in [9.17, 15) is 9.59 Å². The summed E-state index contributed by atoms with van der Waals surface area (Å²) in [5.74, 6) is 1.13. The number of aliphatic carboxylic acids is 1. The Balaban J connectivity index is 2.74. The predicted octanol–water partition coefficient (Wildman–Crippen LogP) is 1.38. The van der Waals surface area contributed by atoms with Crippen molar-refractivity contribution in [1.29, 1.82) is 0 Å². The average Bonchev–Trinajstić information content (AvgIpc) is 2.38. The molecule has 106 valence electrons. The number of rotatable bonds is 6. The number of carbonyl (C=O) groups excluding carboxylic acids is 1. The predicted molar refractivity (Wildman–Crippen MR) is 74.2 cm³/mol. The first-order valence-corrected chi connectivity index (χ1v) is 5.86. The van der Waals surface area contributed by atoms with Gasteiger partial charge in [0.05, 0.1) is 13.2 Å². The van der Waals surface area contributed by atoms with Crippen LogP contribution < -0.4 is 5.32 Å². The van der Waals surface area contributed by atoms with Gasteiger partial charge >= 0.3 is 12.0 Å². The van der Waals surface area contributed by atoms with Gasteiger partial charge in [-0.25, -0.2) is 4.79 Å². The zero-order chi connectivity index (χ0) is 15.0. The molecule has 1 rings (SSSR count). The van der Waals surface area contributed by atoms with Crippen molar-refractivity contribution in [3.63, 3.8) is 0 Å². The van der Waals surface area contributed by atoms with E-state index in [0.717, 1.165) is 10.5 Å². The second-order valence-electron chi connectivity index (χ2n) is 4.02. The second kappa shape index (κ2) is 7.81. The maximum atomic E-state index is 11.9. The third kappa shape index (κ3) is 5.00. The molecule has 0 radical (unpaired) electrons. The van der Waals surface area contributed by atoms with E-state index in [1.165, 1.54) is 0 Å². The van der Waals surface area contributed by atoms with Gasteiger partial charge < -0.3 is 20.1 Å². The fraction of sp³-hybridized carbons (Fsp3) is 0.286. The van der Waals surface area contributed by atoms with Crippen LogP contribution in [0.15, 0.2) is 24.3 Å². The van der Waals surface area contributed by atoms with Crippen LogP contribution in [0.3, 0.4) is 0 Å². The number of urea groups is 1. The number of anilines is 1. The van der Waals surface area contributed by atoms with E-state index in [4.69, 9.17) is 16.3 Å². The van der Waals surface area contributed by atoms with Crippen molar-refractivity contribution in [3.05, 3.63) is 29.8 Å². The molecule has 0 heterocycles. The van der Waals surface area contributed by atoms with Gasteiger partial charge in [-0.3, -0.25) is 4.79 Å². The standard InChI is InChI=1S/C14H16N2O4/c1-3-7-16(9-13(17)18)14(19)15-12-6-4-5-11(8-12)10-20-2/h1,4-6,8H,7,9-10H2,2H3,(H,15,19)(H,17,18). The van der Waals surface area contributed by atoms with E-state index in [1.807, 2.05) is 6.07 Å². The summed E-state index contributed by atoms with van der Waals surface area (Å²) in [4.78, 5) is 23.6. The summed E-state index contributed by atoms with van der Waals surface area (Å²) < 4.78 is 5.00. The first kappa shape index (κ1) is 15.5. The zero-order valence-corrected chi connectivity index (χ0v) is 11.1. The lowest BCUT2D eigenvalue weighted by Gasteiger charge is -2.18. The van der Waals surface area contributed by atoms with Gasteiger partial charge in [0.1, 0.15) is 6.54 Å². The van der Waals surface area contributed by atoms with Crippen LogP contribution in [0.4, 0.5) is 10.5 Å². The number of terminal acetylenes is 1. The van der Waals surface area contributed by atoms with Crippen LogP contribution in [0.5, 0.6) is 0 Å². The second-order valence-corrected chi connectivity index (χ2v) is 4.02. The number of hydrogen-bond acceptors (Lipinski definition) is 3. The van der Waals surface area contributed by atoms with E-state index in [0.29, 0.717) is 12.3 Å². The molecule has 0 spiro atoms. The summed E-state index contributed by atoms with van der Waals surface area (Å²) in [6.45, 7) is -0.101. The number of nitrogens with one attached hydrogen (secondary N) is 1. The van der Waals surface area contributed by atoms with Gasteiger partial charge in [-0.2, -0.15) is 0 Å². The molecule has 2 N–H and O–H groups in total. The van der Waals surface area contributed by atoms with Crippen molar-refractivity contribution in [2.75, 3.05) is 25.5 Å². The molecule has 0 aromatic heterocycles. The highest BCUT2D eigenvalue weighted by Gasteiger charge is 2.15. The number of hydrogen-bond donors (Lipinski definition) is 2. The largest absolute Gasteiger partial charge is 0.480 e. The van der Waals surface area contributed by atoms with Crippen LogP contribution in [0, 0.1) is 12.3 Å². The Morgan fingerprint density at radius 3 is 2.85 bits per heavy atom. The van der Waals surface area contributed by atoms with Crippen molar-refractivity contribution >= 4 is 17.7 Å². The molecule has 6 nitrogen and oxygen atoms in total. The van der Waals surface area contributed by atoms with E-state index in [-0.39, 0.29) is 6.54 Å². The molecule has 0 bridgehead atoms. The lowest BCUT2D eigenvalue weighted by Crippen LogP contribution is -2.39. The minimum atomic E-state index is -1.12. The zero-order valence-electron chi connectivity index (χ0n) is 11.1. The number of ether oxygens (including phenoxy) is 1. The van der Waals surface area contributed by atoms with E-state index >= 15 is 0 Å². The molecule has 0 atom stereocenters. The normalized spacial score (nSPS) is 9.60. The minimum Gasteiger partial charge on any atom is -0.480 e. The fourth-order valence-electron chi connectivity index (χ4n) is 1.58. The molecular weight excluding hydrogens is 260 g/mol. The van der Waals surface area contributed by atoms with E-state index < -0.39 is 18.5 Å². The lowest BCUT2D eigenvalue weighted by molar-refractivity contribution is -0.137. The Kier molecular flexibility index (Phi) is 6.07. The van der Waals surface area contributed by atoms with Gasteiger partial charge in [0.15, 0.2) is 0 Å². The van der Waals surface area contributed by atoms with Crippen molar-refractivity contribution in [2.45, 2.75) is 6.61 Å². The first-order valence-electron chi connectivity index (χ1n) is 5.86. The molecule has 1 aromatic carbocycles. The van der Waals surface area contributed by atoms with Gasteiger partial charge in [0.2, 0.25) is 0 Å². The van der Waals surface area contributed by atoms with Crippen molar-refractivity contribution in [1.82, 2.24) is 4.90 Å². The third-order valence-electron chi connectivity index (χ3n) is 2.38. The monoisotopic (exact) mass is 276 g/mol. The number of carboxylic acid groups (broad SMARTS) is 1. The Labute approximate surface area is 117 Å². The van der Waals surface area contributed by atoms with Crippen molar-refractivity contribution in [2.24, 2.45) is 0 Å². The highest BCUT2D eigenvalue weighted by molar-refractivity contribution is 5.91. The highest BCUT2D eigenvalue weighted by atomic mass is 16.5. The van der Waals surface area contributed by atoms with Crippen LogP contribution in [0.1, 0.15) is 5.56 Å². The SMILES string of the molecule is C#CCN(CC(=O)O)C(=O)Nc1cccc(COC)c1. The summed E-state index contributed by atoms with van der Waals surface area (Å²) in [6, 6.07) is 6.52. The number of benzene rings is 1. The summed E-state index contributed by atoms with van der Waals surface area (Å²) in [5, 5.41) is 11.3. The van der Waals surface area contributed by atoms with E-state index in [1.54, 1.807) is 25.3 Å². The fourth-order valence-corrected chi connectivity index (χ4v) is 1.58. The number of amides is 2. The lowest BCUT2D eigenvalue weighted by atomic mass is 10.2. The number of carboxylic acids is 1. The maximum Gasteiger partial charge on any atom is 0.323 e. The van der Waals surface area contributed by atoms with Gasteiger partial charge in [-0.1, -0.05) is 18.1 Å². The Bertz CT molecular complexity index is 522. The molecule has 0 aliphatic carbocycles. The molecule has 0 aliphatic heterocycles. The quantitative estimate of drug-likeness (QED) is 0.769. The number of nitrogens with zero attached hydrogens (tertiary/aromatic N) is 1. The van der Waals surface area contributed by atoms with Crippen LogP contribution in [-0.4, -0.2) is 42.2 Å². The molecular formula is C14H16N2O4. The van der Waals surface area contributed by atoms with Crippen LogP contribution in [-0.2, 0) is 16.1 Å². The number of methoxy groups -OCH3 is 1. The van der Waals surface area contributed by atoms with Crippen LogP contribution >= 0.6 is 0 Å². The number of carbonyl (C=O) groups is 2. The summed E-state index contributed by atoms with van der Waals surface area (Å²) >= 11 is 0. The molecule has 20 heavy (non-hydrogen) atoms. The third-order valence-corrected chi connectivity index (χ3v) is 2.38. The highest BCUT2D eigenvalue weighted by Crippen LogP contribution is 2.12. The topological polar surface area (TPSA) is 78.9 Å². The van der Waals surface area contributed by atoms with Gasteiger partial charge in [-0.15, -0.1) is 6.42 Å². The smallest absolute Gasteiger partial charge is 0.323 e. The van der Waals surface area contributed by atoms with Crippen molar-refractivity contribution in [3.8, 4) is 12.3 Å². The molecule has 0 fully saturated rings. The summed E-state index contributed by atoms with van der Waals surface area (Å²) in [6.07, 6.45) is 5.12. The molecule has 0 saturated heterocycles. The van der Waals surface area contributed by atoms with Crippen LogP contribution in [0.25, 0.3) is 0 Å². The molecule has 6 heteroatoms. The minimum absolute atomic E-state index is 0.0735. The van der Waals surface area contributed by atoms with Gasteiger partial charge in [0.25, 0.3) is 0 Å². The summed E-state index contributed by atoms with van der Waals surface area (Å²) in [5.41, 5.74) is 1.45. The molecule has 0 unspecified atom stereocenters. The average molecular weight is 276 g/mol. The van der Waals surface area contributed by atoms with E-state index in [2.05, 4.69) is 11.2 Å². The Morgan fingerprint density at radius 1 is 1.50 bits per heavy atom. The Morgan fingerprint density at radius 2 is 2.25 bits per heavy atom. The maximum absolute atomic E-state index is 11.9. The molecule has 2 amide bonds. The van der Waals surface area contributed by atoms with Gasteiger partial charge in [-0.05, 0) is 17.7 Å². The Hall–Kier alpha value is -2.52. The first-order chi connectivity index (χ1) is 9.56. The summed E-state index contributed by atoms with van der Waals surface area (Å²) in [7, 11) is 1.58. The van der Waals surface area contributed by atoms with Crippen molar-refractivity contribution < 1.29 is 19.4 Å². The molecule has 0 aliphatic rings. The molecule has 1 aromatic rings. The van der Waals surface area contributed by atoms with Gasteiger partial charge in [0, 0.05) is 12.8 Å². The molecule has 0 saturated carbocycles. The van der Waals surface area contributed by atoms with Crippen LogP contribution in [0.2, 0.25) is 0 Å².